The Hall–Kier alpha value is -0.730. The lowest BCUT2D eigenvalue weighted by molar-refractivity contribution is 0.564. The molecule has 1 aromatic carbocycles. The minimum atomic E-state index is 0.614. The molecule has 2 nitrogen and oxygen atoms in total. The third kappa shape index (κ3) is 2.18. The van der Waals surface area contributed by atoms with Gasteiger partial charge in [-0.25, -0.2) is 0 Å². The predicted octanol–water partition coefficient (Wildman–Crippen LogP) is 2.70. The van der Waals surface area contributed by atoms with Gasteiger partial charge < -0.3 is 10.2 Å². The summed E-state index contributed by atoms with van der Waals surface area (Å²) in [6, 6.07) is 6.81. The van der Waals surface area contributed by atoms with Crippen molar-refractivity contribution in [1.29, 1.82) is 0 Å². The van der Waals surface area contributed by atoms with E-state index in [1.54, 1.807) is 0 Å². The van der Waals surface area contributed by atoms with Gasteiger partial charge in [0.1, 0.15) is 0 Å². The Bertz CT molecular complexity index is 365. The highest BCUT2D eigenvalue weighted by molar-refractivity contribution is 6.31. The molecule has 0 spiro atoms. The second-order valence-electron chi connectivity index (χ2n) is 4.45. The maximum absolute atomic E-state index is 6.22. The zero-order valence-electron chi connectivity index (χ0n) is 9.96. The number of fused-ring (bicyclic) bond motifs is 1. The van der Waals surface area contributed by atoms with Crippen LogP contribution in [-0.4, -0.2) is 26.7 Å². The van der Waals surface area contributed by atoms with E-state index in [4.69, 9.17) is 11.6 Å². The van der Waals surface area contributed by atoms with Gasteiger partial charge in [0.15, 0.2) is 0 Å². The van der Waals surface area contributed by atoms with Crippen molar-refractivity contribution < 1.29 is 0 Å². The van der Waals surface area contributed by atoms with Crippen LogP contribution in [0.1, 0.15) is 18.4 Å². The van der Waals surface area contributed by atoms with Crippen molar-refractivity contribution in [3.8, 4) is 0 Å². The fourth-order valence-corrected chi connectivity index (χ4v) is 2.71. The highest BCUT2D eigenvalue weighted by Gasteiger charge is 2.27. The lowest BCUT2D eigenvalue weighted by atomic mass is 10.1. The third-order valence-electron chi connectivity index (χ3n) is 3.43. The number of rotatable bonds is 4. The summed E-state index contributed by atoms with van der Waals surface area (Å²) < 4.78 is 0. The van der Waals surface area contributed by atoms with Crippen molar-refractivity contribution >= 4 is 17.3 Å². The molecule has 1 N–H and O–H groups in total. The first-order chi connectivity index (χ1) is 7.74. The summed E-state index contributed by atoms with van der Waals surface area (Å²) >= 11 is 6.22. The molecule has 1 heterocycles. The Morgan fingerprint density at radius 3 is 3.00 bits per heavy atom. The Morgan fingerprint density at radius 1 is 1.50 bits per heavy atom. The fourth-order valence-electron chi connectivity index (χ4n) is 2.46. The Labute approximate surface area is 103 Å². The quantitative estimate of drug-likeness (QED) is 0.812. The predicted molar refractivity (Wildman–Crippen MR) is 70.5 cm³/mol. The van der Waals surface area contributed by atoms with E-state index in [1.807, 2.05) is 19.2 Å². The monoisotopic (exact) mass is 238 g/mol. The van der Waals surface area contributed by atoms with Crippen LogP contribution in [0.25, 0.3) is 0 Å². The summed E-state index contributed by atoms with van der Waals surface area (Å²) in [6.07, 6.45) is 3.54. The molecule has 0 saturated heterocycles. The van der Waals surface area contributed by atoms with Crippen LogP contribution in [0.15, 0.2) is 18.2 Å². The Morgan fingerprint density at radius 2 is 2.31 bits per heavy atom. The van der Waals surface area contributed by atoms with Gasteiger partial charge in [0.2, 0.25) is 0 Å². The van der Waals surface area contributed by atoms with Gasteiger partial charge in [-0.1, -0.05) is 17.7 Å². The van der Waals surface area contributed by atoms with Crippen LogP contribution in [0.5, 0.6) is 0 Å². The smallest absolute Gasteiger partial charge is 0.0459 e. The molecule has 1 unspecified atom stereocenters. The van der Waals surface area contributed by atoms with E-state index in [0.717, 1.165) is 18.0 Å². The molecule has 1 aliphatic rings. The summed E-state index contributed by atoms with van der Waals surface area (Å²) in [4.78, 5) is 2.37. The van der Waals surface area contributed by atoms with Crippen molar-refractivity contribution in [3.05, 3.63) is 28.8 Å². The number of nitrogens with one attached hydrogen (secondary N) is 1. The van der Waals surface area contributed by atoms with Crippen LogP contribution in [0, 0.1) is 0 Å². The number of anilines is 1. The first kappa shape index (κ1) is 11.7. The SMILES string of the molecule is CNCCCC1Cc2c(Cl)cccc2N1C. The van der Waals surface area contributed by atoms with E-state index in [0.29, 0.717) is 6.04 Å². The van der Waals surface area contributed by atoms with E-state index >= 15 is 0 Å². The van der Waals surface area contributed by atoms with E-state index in [2.05, 4.69) is 23.3 Å². The topological polar surface area (TPSA) is 15.3 Å². The molecule has 0 amide bonds. The molecule has 0 aromatic heterocycles. The molecule has 1 aromatic rings. The summed E-state index contributed by atoms with van der Waals surface area (Å²) in [5, 5.41) is 4.11. The maximum atomic E-state index is 6.22. The van der Waals surface area contributed by atoms with Crippen molar-refractivity contribution in [2.45, 2.75) is 25.3 Å². The largest absolute Gasteiger partial charge is 0.371 e. The standard InChI is InChI=1S/C13H19ClN2/c1-15-8-4-5-10-9-11-12(14)6-3-7-13(11)16(10)2/h3,6-7,10,15H,4-5,8-9H2,1-2H3. The second-order valence-corrected chi connectivity index (χ2v) is 4.86. The van der Waals surface area contributed by atoms with Gasteiger partial charge in [0.05, 0.1) is 0 Å². The molecular weight excluding hydrogens is 220 g/mol. The third-order valence-corrected chi connectivity index (χ3v) is 3.78. The maximum Gasteiger partial charge on any atom is 0.0459 e. The van der Waals surface area contributed by atoms with Gasteiger partial charge in [0.25, 0.3) is 0 Å². The summed E-state index contributed by atoms with van der Waals surface area (Å²) in [7, 11) is 4.18. The molecular formula is C13H19ClN2. The molecule has 0 fully saturated rings. The van der Waals surface area contributed by atoms with Crippen molar-refractivity contribution in [2.75, 3.05) is 25.5 Å². The van der Waals surface area contributed by atoms with Gasteiger partial charge in [-0.2, -0.15) is 0 Å². The molecule has 1 atom stereocenters. The molecule has 0 saturated carbocycles. The highest BCUT2D eigenvalue weighted by Crippen LogP contribution is 2.36. The first-order valence-electron chi connectivity index (χ1n) is 5.89. The molecule has 3 heteroatoms. The van der Waals surface area contributed by atoms with Crippen molar-refractivity contribution in [2.24, 2.45) is 0 Å². The average molecular weight is 239 g/mol. The van der Waals surface area contributed by atoms with E-state index < -0.39 is 0 Å². The average Bonchev–Trinajstić information content (AvgIpc) is 2.59. The summed E-state index contributed by atoms with van der Waals surface area (Å²) in [5.74, 6) is 0. The molecule has 0 aliphatic carbocycles. The van der Waals surface area contributed by atoms with Crippen LogP contribution in [-0.2, 0) is 6.42 Å². The number of nitrogens with zero attached hydrogens (tertiary/aromatic N) is 1. The Balaban J connectivity index is 2.06. The lowest BCUT2D eigenvalue weighted by Gasteiger charge is -2.22. The minimum absolute atomic E-state index is 0.614. The summed E-state index contributed by atoms with van der Waals surface area (Å²) in [5.41, 5.74) is 2.63. The number of benzene rings is 1. The van der Waals surface area contributed by atoms with Crippen LogP contribution in [0.3, 0.4) is 0 Å². The Kier molecular flexibility index (Phi) is 3.72. The fraction of sp³-hybridized carbons (Fsp3) is 0.538. The van der Waals surface area contributed by atoms with Gasteiger partial charge in [0, 0.05) is 23.8 Å². The van der Waals surface area contributed by atoms with E-state index in [-0.39, 0.29) is 0 Å². The zero-order chi connectivity index (χ0) is 11.5. The number of hydrogen-bond acceptors (Lipinski definition) is 2. The van der Waals surface area contributed by atoms with Crippen LogP contribution < -0.4 is 10.2 Å². The zero-order valence-corrected chi connectivity index (χ0v) is 10.7. The molecule has 16 heavy (non-hydrogen) atoms. The van der Waals surface area contributed by atoms with Gasteiger partial charge in [-0.15, -0.1) is 0 Å². The van der Waals surface area contributed by atoms with E-state index in [1.165, 1.54) is 24.1 Å². The number of halogens is 1. The van der Waals surface area contributed by atoms with Gasteiger partial charge in [-0.05, 0) is 50.6 Å². The molecule has 88 valence electrons. The second kappa shape index (κ2) is 5.07. The molecule has 2 rings (SSSR count). The van der Waals surface area contributed by atoms with Gasteiger partial charge >= 0.3 is 0 Å². The van der Waals surface area contributed by atoms with Crippen molar-refractivity contribution in [3.63, 3.8) is 0 Å². The lowest BCUT2D eigenvalue weighted by Crippen LogP contribution is -2.28. The molecule has 0 bridgehead atoms. The van der Waals surface area contributed by atoms with Gasteiger partial charge in [-0.3, -0.25) is 0 Å². The van der Waals surface area contributed by atoms with Crippen LogP contribution in [0.2, 0.25) is 5.02 Å². The molecule has 1 aliphatic heterocycles. The normalized spacial score (nSPS) is 18.9. The number of hydrogen-bond donors (Lipinski definition) is 1. The van der Waals surface area contributed by atoms with Crippen LogP contribution in [0.4, 0.5) is 5.69 Å². The highest BCUT2D eigenvalue weighted by atomic mass is 35.5. The van der Waals surface area contributed by atoms with Crippen LogP contribution >= 0.6 is 11.6 Å². The first-order valence-corrected chi connectivity index (χ1v) is 6.26. The molecule has 0 radical (unpaired) electrons. The van der Waals surface area contributed by atoms with E-state index in [9.17, 15) is 0 Å². The minimum Gasteiger partial charge on any atom is -0.371 e. The summed E-state index contributed by atoms with van der Waals surface area (Å²) in [6.45, 7) is 1.09. The van der Waals surface area contributed by atoms with Crippen molar-refractivity contribution in [1.82, 2.24) is 5.32 Å². The number of likely N-dealkylation sites (N-methyl/N-ethyl adjacent to an activating group) is 1.